The number of nitrogen functional groups attached to an aromatic ring is 1. The van der Waals surface area contributed by atoms with E-state index >= 15 is 0 Å². The van der Waals surface area contributed by atoms with Crippen LogP contribution in [0, 0.1) is 17.0 Å². The first-order valence-electron chi connectivity index (χ1n) is 9.19. The van der Waals surface area contributed by atoms with Crippen molar-refractivity contribution in [2.75, 3.05) is 7.11 Å². The zero-order valence-electron chi connectivity index (χ0n) is 16.7. The second-order valence-electron chi connectivity index (χ2n) is 6.66. The monoisotopic (exact) mass is 445 g/mol. The first kappa shape index (κ1) is 24.0. The Labute approximate surface area is 185 Å². The topological polar surface area (TPSA) is 88.2 Å². The molecule has 0 spiro atoms. The molecular formula is C23H22ClF2N3O2. The number of carbonyl (C=O) groups excluding carboxylic acids is 1. The van der Waals surface area contributed by atoms with Gasteiger partial charge in [-0.1, -0.05) is 54.6 Å². The molecule has 0 aliphatic rings. The summed E-state index contributed by atoms with van der Waals surface area (Å²) in [6.45, 7) is 0.127. The van der Waals surface area contributed by atoms with E-state index in [9.17, 15) is 13.6 Å². The van der Waals surface area contributed by atoms with Crippen LogP contribution in [-0.2, 0) is 16.1 Å². The molecule has 0 aliphatic carbocycles. The van der Waals surface area contributed by atoms with Gasteiger partial charge in [-0.25, -0.2) is 8.78 Å². The van der Waals surface area contributed by atoms with Crippen LogP contribution in [-0.4, -0.2) is 18.9 Å². The number of rotatable bonds is 7. The number of amidine groups is 1. The predicted octanol–water partition coefficient (Wildman–Crippen LogP) is 4.34. The molecule has 0 heterocycles. The SMILES string of the molecule is COC(C(=O)NCc1ccc(C(=N)N)cc1)c1c(F)cc(-c2ccccc2)cc1F.Cl. The van der Waals surface area contributed by atoms with Gasteiger partial charge in [-0.3, -0.25) is 10.2 Å². The maximum atomic E-state index is 14.7. The van der Waals surface area contributed by atoms with E-state index in [4.69, 9.17) is 15.9 Å². The Morgan fingerprint density at radius 1 is 1.03 bits per heavy atom. The number of carbonyl (C=O) groups is 1. The minimum Gasteiger partial charge on any atom is -0.384 e. The van der Waals surface area contributed by atoms with Crippen LogP contribution in [0.4, 0.5) is 8.78 Å². The fourth-order valence-corrected chi connectivity index (χ4v) is 3.07. The molecule has 0 fully saturated rings. The van der Waals surface area contributed by atoms with E-state index in [1.807, 2.05) is 6.07 Å². The van der Waals surface area contributed by atoms with Gasteiger partial charge in [0.15, 0.2) is 6.10 Å². The quantitative estimate of drug-likeness (QED) is 0.373. The van der Waals surface area contributed by atoms with Crippen LogP contribution in [0.1, 0.15) is 22.8 Å². The number of methoxy groups -OCH3 is 1. The molecule has 0 saturated heterocycles. The predicted molar refractivity (Wildman–Crippen MR) is 118 cm³/mol. The fraction of sp³-hybridized carbons (Fsp3) is 0.130. The summed E-state index contributed by atoms with van der Waals surface area (Å²) in [4.78, 5) is 12.6. The van der Waals surface area contributed by atoms with Crippen molar-refractivity contribution < 1.29 is 18.3 Å². The van der Waals surface area contributed by atoms with E-state index in [-0.39, 0.29) is 24.8 Å². The number of hydrogen-bond donors (Lipinski definition) is 3. The summed E-state index contributed by atoms with van der Waals surface area (Å²) >= 11 is 0. The highest BCUT2D eigenvalue weighted by molar-refractivity contribution is 5.94. The molecule has 162 valence electrons. The van der Waals surface area contributed by atoms with Crippen molar-refractivity contribution in [3.05, 3.63) is 95.1 Å². The molecule has 3 aromatic rings. The lowest BCUT2D eigenvalue weighted by molar-refractivity contribution is -0.131. The van der Waals surface area contributed by atoms with Gasteiger partial charge in [0.05, 0.1) is 5.56 Å². The first-order chi connectivity index (χ1) is 14.4. The maximum absolute atomic E-state index is 14.7. The van der Waals surface area contributed by atoms with Gasteiger partial charge in [0, 0.05) is 19.2 Å². The molecule has 0 bridgehead atoms. The summed E-state index contributed by atoms with van der Waals surface area (Å²) in [6, 6.07) is 17.9. The summed E-state index contributed by atoms with van der Waals surface area (Å²) in [5.41, 5.74) is 7.30. The number of nitrogens with one attached hydrogen (secondary N) is 2. The van der Waals surface area contributed by atoms with Crippen LogP contribution in [0.5, 0.6) is 0 Å². The highest BCUT2D eigenvalue weighted by Gasteiger charge is 2.27. The third kappa shape index (κ3) is 5.65. The Balaban J connectivity index is 0.00000341. The Kier molecular flexibility index (Phi) is 8.24. The van der Waals surface area contributed by atoms with Crippen LogP contribution in [0.2, 0.25) is 0 Å². The molecule has 8 heteroatoms. The van der Waals surface area contributed by atoms with Gasteiger partial charge in [0.1, 0.15) is 17.5 Å². The van der Waals surface area contributed by atoms with Crippen LogP contribution in [0.3, 0.4) is 0 Å². The molecule has 1 atom stereocenters. The third-order valence-corrected chi connectivity index (χ3v) is 4.65. The number of amides is 1. The van der Waals surface area contributed by atoms with Crippen molar-refractivity contribution in [2.45, 2.75) is 12.6 Å². The van der Waals surface area contributed by atoms with E-state index in [0.29, 0.717) is 16.7 Å². The number of halogens is 3. The van der Waals surface area contributed by atoms with Crippen molar-refractivity contribution >= 4 is 24.1 Å². The molecule has 3 rings (SSSR count). The van der Waals surface area contributed by atoms with Gasteiger partial charge in [0.2, 0.25) is 0 Å². The molecule has 31 heavy (non-hydrogen) atoms. The van der Waals surface area contributed by atoms with Gasteiger partial charge < -0.3 is 15.8 Å². The number of hydrogen-bond acceptors (Lipinski definition) is 3. The molecule has 0 saturated carbocycles. The van der Waals surface area contributed by atoms with Crippen LogP contribution < -0.4 is 11.1 Å². The average molecular weight is 446 g/mol. The Morgan fingerprint density at radius 3 is 2.13 bits per heavy atom. The average Bonchev–Trinajstić information content (AvgIpc) is 2.75. The molecular weight excluding hydrogens is 424 g/mol. The zero-order chi connectivity index (χ0) is 21.7. The smallest absolute Gasteiger partial charge is 0.254 e. The Morgan fingerprint density at radius 2 is 1.61 bits per heavy atom. The van der Waals surface area contributed by atoms with Gasteiger partial charge in [-0.05, 0) is 28.8 Å². The Hall–Kier alpha value is -3.29. The number of benzene rings is 3. The minimum absolute atomic E-state index is 0. The van der Waals surface area contributed by atoms with Crippen molar-refractivity contribution in [3.8, 4) is 11.1 Å². The van der Waals surface area contributed by atoms with Gasteiger partial charge in [0.25, 0.3) is 5.91 Å². The summed E-state index contributed by atoms with van der Waals surface area (Å²) in [5, 5.41) is 10.00. The summed E-state index contributed by atoms with van der Waals surface area (Å²) in [5.74, 6) is -2.45. The molecule has 1 amide bonds. The molecule has 5 nitrogen and oxygen atoms in total. The molecule has 4 N–H and O–H groups in total. The zero-order valence-corrected chi connectivity index (χ0v) is 17.5. The van der Waals surface area contributed by atoms with E-state index in [2.05, 4.69) is 5.32 Å². The fourth-order valence-electron chi connectivity index (χ4n) is 3.07. The van der Waals surface area contributed by atoms with Gasteiger partial charge in [-0.2, -0.15) is 0 Å². The molecule has 3 aromatic carbocycles. The third-order valence-electron chi connectivity index (χ3n) is 4.65. The second kappa shape index (κ2) is 10.7. The lowest BCUT2D eigenvalue weighted by Gasteiger charge is -2.18. The molecule has 0 aromatic heterocycles. The Bertz CT molecular complexity index is 1040. The standard InChI is InChI=1S/C23H21F2N3O2.ClH/c1-30-21(23(29)28-13-14-7-9-16(10-8-14)22(26)27)20-18(24)11-17(12-19(20)25)15-5-3-2-4-6-15;/h2-12,21H,13H2,1H3,(H3,26,27)(H,28,29);1H. The second-order valence-corrected chi connectivity index (χ2v) is 6.66. The van der Waals surface area contributed by atoms with Crippen LogP contribution in [0.25, 0.3) is 11.1 Å². The van der Waals surface area contributed by atoms with Gasteiger partial charge >= 0.3 is 0 Å². The van der Waals surface area contributed by atoms with Crippen molar-refractivity contribution in [3.63, 3.8) is 0 Å². The van der Waals surface area contributed by atoms with E-state index in [1.54, 1.807) is 48.5 Å². The van der Waals surface area contributed by atoms with Crippen LogP contribution >= 0.6 is 12.4 Å². The van der Waals surface area contributed by atoms with Gasteiger partial charge in [-0.15, -0.1) is 12.4 Å². The summed E-state index contributed by atoms with van der Waals surface area (Å²) in [6.07, 6.45) is -1.44. The van der Waals surface area contributed by atoms with E-state index in [1.165, 1.54) is 19.2 Å². The summed E-state index contributed by atoms with van der Waals surface area (Å²) in [7, 11) is 1.22. The molecule has 0 aliphatic heterocycles. The molecule has 1 unspecified atom stereocenters. The highest BCUT2D eigenvalue weighted by atomic mass is 35.5. The minimum atomic E-state index is -1.44. The van der Waals surface area contributed by atoms with Crippen molar-refractivity contribution in [1.29, 1.82) is 5.41 Å². The van der Waals surface area contributed by atoms with E-state index in [0.717, 1.165) is 5.56 Å². The lowest BCUT2D eigenvalue weighted by Crippen LogP contribution is -2.31. The number of nitrogens with two attached hydrogens (primary N) is 1. The van der Waals surface area contributed by atoms with Crippen molar-refractivity contribution in [2.24, 2.45) is 5.73 Å². The summed E-state index contributed by atoms with van der Waals surface area (Å²) < 4.78 is 34.6. The first-order valence-corrected chi connectivity index (χ1v) is 9.19. The normalized spacial score (nSPS) is 11.3. The van der Waals surface area contributed by atoms with Crippen LogP contribution in [0.15, 0.2) is 66.7 Å². The van der Waals surface area contributed by atoms with E-state index < -0.39 is 29.2 Å². The van der Waals surface area contributed by atoms with Crippen molar-refractivity contribution in [1.82, 2.24) is 5.32 Å². The number of ether oxygens (including phenoxy) is 1. The highest BCUT2D eigenvalue weighted by Crippen LogP contribution is 2.29. The largest absolute Gasteiger partial charge is 0.384 e. The maximum Gasteiger partial charge on any atom is 0.254 e. The molecule has 0 radical (unpaired) electrons. The lowest BCUT2D eigenvalue weighted by atomic mass is 10.00.